The van der Waals surface area contributed by atoms with Crippen molar-refractivity contribution in [1.82, 2.24) is 10.2 Å². The van der Waals surface area contributed by atoms with E-state index in [0.717, 1.165) is 12.8 Å². The fraction of sp³-hybridized carbons (Fsp3) is 0.765. The molecule has 0 saturated heterocycles. The van der Waals surface area contributed by atoms with Gasteiger partial charge in [0.15, 0.2) is 5.78 Å². The number of nitrogens with one attached hydrogen (secondary N) is 1. The van der Waals surface area contributed by atoms with Gasteiger partial charge in [0.05, 0.1) is 0 Å². The molecule has 0 spiro atoms. The number of rotatable bonds is 6. The van der Waals surface area contributed by atoms with Gasteiger partial charge in [0.2, 0.25) is 12.2 Å². The Morgan fingerprint density at radius 1 is 1.20 bits per heavy atom. The van der Waals surface area contributed by atoms with Crippen molar-refractivity contribution >= 4 is 23.8 Å². The van der Waals surface area contributed by atoms with Crippen LogP contribution in [-0.2, 0) is 23.9 Å². The first-order chi connectivity index (χ1) is 11.6. The SMILES string of the molecule is CC(OC(=O)CNC(=O)C(C)C)OC(=O)N(C)[C@]1(C)CCCCC1=O. The van der Waals surface area contributed by atoms with Gasteiger partial charge in [-0.15, -0.1) is 0 Å². The first-order valence-electron chi connectivity index (χ1n) is 8.53. The van der Waals surface area contributed by atoms with Crippen LogP contribution in [0, 0.1) is 5.92 Å². The van der Waals surface area contributed by atoms with E-state index in [2.05, 4.69) is 5.32 Å². The summed E-state index contributed by atoms with van der Waals surface area (Å²) in [6.45, 7) is 6.22. The Bertz CT molecular complexity index is 533. The molecule has 8 nitrogen and oxygen atoms in total. The normalized spacial score (nSPS) is 21.4. The number of hydrogen-bond donors (Lipinski definition) is 1. The van der Waals surface area contributed by atoms with E-state index in [0.29, 0.717) is 12.8 Å². The number of nitrogens with zero attached hydrogens (tertiary/aromatic N) is 1. The van der Waals surface area contributed by atoms with Gasteiger partial charge in [0.25, 0.3) is 0 Å². The van der Waals surface area contributed by atoms with Gasteiger partial charge in [-0.05, 0) is 19.8 Å². The molecule has 8 heteroatoms. The third kappa shape index (κ3) is 5.72. The van der Waals surface area contributed by atoms with Crippen LogP contribution < -0.4 is 5.32 Å². The average Bonchev–Trinajstić information content (AvgIpc) is 2.54. The van der Waals surface area contributed by atoms with Crippen LogP contribution in [0.3, 0.4) is 0 Å². The van der Waals surface area contributed by atoms with Crippen LogP contribution in [0.2, 0.25) is 0 Å². The third-order valence-electron chi connectivity index (χ3n) is 4.43. The molecular formula is C17H28N2O6. The van der Waals surface area contributed by atoms with E-state index in [1.165, 1.54) is 18.9 Å². The molecule has 2 atom stereocenters. The minimum absolute atomic E-state index is 0.000698. The standard InChI is InChI=1S/C17H28N2O6/c1-11(2)15(22)18-10-14(21)24-12(3)25-16(23)19(5)17(4)9-7-6-8-13(17)20/h11-12H,6-10H2,1-5H3,(H,18,22)/t12?,17-/m1/s1. The molecule has 2 amide bonds. The van der Waals surface area contributed by atoms with Crippen LogP contribution in [0.1, 0.15) is 53.4 Å². The maximum Gasteiger partial charge on any atom is 0.413 e. The fourth-order valence-electron chi connectivity index (χ4n) is 2.55. The second-order valence-corrected chi connectivity index (χ2v) is 6.78. The van der Waals surface area contributed by atoms with E-state index in [9.17, 15) is 19.2 Å². The highest BCUT2D eigenvalue weighted by Gasteiger charge is 2.42. The number of carbonyl (C=O) groups excluding carboxylic acids is 4. The summed E-state index contributed by atoms with van der Waals surface area (Å²) in [6.07, 6.45) is 0.846. The number of carbonyl (C=O) groups is 4. The number of amides is 2. The molecule has 1 unspecified atom stereocenters. The molecule has 0 radical (unpaired) electrons. The van der Waals surface area contributed by atoms with E-state index >= 15 is 0 Å². The highest BCUT2D eigenvalue weighted by molar-refractivity contribution is 5.91. The van der Waals surface area contributed by atoms with Gasteiger partial charge in [-0.3, -0.25) is 19.3 Å². The summed E-state index contributed by atoms with van der Waals surface area (Å²) in [4.78, 5) is 48.7. The Hall–Kier alpha value is -2.12. The topological polar surface area (TPSA) is 102 Å². The van der Waals surface area contributed by atoms with Gasteiger partial charge < -0.3 is 14.8 Å². The molecular weight excluding hydrogens is 328 g/mol. The van der Waals surface area contributed by atoms with E-state index in [4.69, 9.17) is 9.47 Å². The summed E-state index contributed by atoms with van der Waals surface area (Å²) in [5.74, 6) is -1.23. The number of Topliss-reactive ketones (excluding diaryl/α,β-unsaturated/α-hetero) is 1. The molecule has 1 rings (SSSR count). The summed E-state index contributed by atoms with van der Waals surface area (Å²) in [5, 5.41) is 2.42. The number of likely N-dealkylation sites (N-methyl/N-ethyl adjacent to an activating group) is 1. The molecule has 0 aliphatic heterocycles. The molecule has 0 aromatic carbocycles. The van der Waals surface area contributed by atoms with Crippen LogP contribution >= 0.6 is 0 Å². The first kappa shape index (κ1) is 20.9. The van der Waals surface area contributed by atoms with Gasteiger partial charge in [0.1, 0.15) is 12.1 Å². The van der Waals surface area contributed by atoms with E-state index in [-0.39, 0.29) is 24.2 Å². The number of ether oxygens (including phenoxy) is 2. The van der Waals surface area contributed by atoms with Gasteiger partial charge in [-0.2, -0.15) is 0 Å². The predicted octanol–water partition coefficient (Wildman–Crippen LogP) is 1.62. The zero-order chi connectivity index (χ0) is 19.2. The fourth-order valence-corrected chi connectivity index (χ4v) is 2.55. The Kier molecular flexibility index (Phi) is 7.38. The molecule has 0 aromatic heterocycles. The first-order valence-corrected chi connectivity index (χ1v) is 8.53. The van der Waals surface area contributed by atoms with Crippen molar-refractivity contribution in [2.75, 3.05) is 13.6 Å². The smallest absolute Gasteiger partial charge is 0.413 e. The zero-order valence-corrected chi connectivity index (χ0v) is 15.6. The molecule has 1 fully saturated rings. The van der Waals surface area contributed by atoms with E-state index in [1.807, 2.05) is 0 Å². The number of hydrogen-bond acceptors (Lipinski definition) is 6. The summed E-state index contributed by atoms with van der Waals surface area (Å²) in [6, 6.07) is 0. The molecule has 1 saturated carbocycles. The summed E-state index contributed by atoms with van der Waals surface area (Å²) in [7, 11) is 1.50. The monoisotopic (exact) mass is 356 g/mol. The number of ketones is 1. The second-order valence-electron chi connectivity index (χ2n) is 6.78. The van der Waals surface area contributed by atoms with Crippen LogP contribution in [0.25, 0.3) is 0 Å². The summed E-state index contributed by atoms with van der Waals surface area (Å²) < 4.78 is 10.0. The molecule has 0 bridgehead atoms. The van der Waals surface area contributed by atoms with Crippen molar-refractivity contribution in [3.05, 3.63) is 0 Å². The highest BCUT2D eigenvalue weighted by Crippen LogP contribution is 2.30. The predicted molar refractivity (Wildman–Crippen MR) is 89.5 cm³/mol. The molecule has 1 aliphatic rings. The number of esters is 1. The minimum Gasteiger partial charge on any atom is -0.424 e. The van der Waals surface area contributed by atoms with Crippen molar-refractivity contribution in [2.24, 2.45) is 5.92 Å². The lowest BCUT2D eigenvalue weighted by molar-refractivity contribution is -0.166. The quantitative estimate of drug-likeness (QED) is 0.573. The molecule has 142 valence electrons. The van der Waals surface area contributed by atoms with Gasteiger partial charge >= 0.3 is 12.1 Å². The molecule has 0 aromatic rings. The van der Waals surface area contributed by atoms with Gasteiger partial charge in [-0.25, -0.2) is 4.79 Å². The lowest BCUT2D eigenvalue weighted by Gasteiger charge is -2.39. The van der Waals surface area contributed by atoms with Crippen molar-refractivity contribution < 1.29 is 28.7 Å². The molecule has 1 N–H and O–H groups in total. The maximum atomic E-state index is 12.2. The van der Waals surface area contributed by atoms with Crippen molar-refractivity contribution in [3.63, 3.8) is 0 Å². The molecule has 1 aliphatic carbocycles. The Morgan fingerprint density at radius 3 is 2.40 bits per heavy atom. The van der Waals surface area contributed by atoms with Gasteiger partial charge in [0, 0.05) is 26.3 Å². The second kappa shape index (κ2) is 8.82. The van der Waals surface area contributed by atoms with E-state index < -0.39 is 23.9 Å². The molecule has 25 heavy (non-hydrogen) atoms. The van der Waals surface area contributed by atoms with Crippen LogP contribution in [-0.4, -0.2) is 54.1 Å². The average molecular weight is 356 g/mol. The molecule has 0 heterocycles. The van der Waals surface area contributed by atoms with Crippen LogP contribution in [0.15, 0.2) is 0 Å². The third-order valence-corrected chi connectivity index (χ3v) is 4.43. The lowest BCUT2D eigenvalue weighted by atomic mass is 9.81. The maximum absolute atomic E-state index is 12.2. The van der Waals surface area contributed by atoms with Crippen molar-refractivity contribution in [2.45, 2.75) is 65.2 Å². The largest absolute Gasteiger partial charge is 0.424 e. The lowest BCUT2D eigenvalue weighted by Crippen LogP contribution is -2.55. The Labute approximate surface area is 148 Å². The van der Waals surface area contributed by atoms with E-state index in [1.54, 1.807) is 20.8 Å². The highest BCUT2D eigenvalue weighted by atomic mass is 16.7. The Balaban J connectivity index is 2.49. The van der Waals surface area contributed by atoms with Crippen molar-refractivity contribution in [1.29, 1.82) is 0 Å². The Morgan fingerprint density at radius 2 is 1.84 bits per heavy atom. The summed E-state index contributed by atoms with van der Waals surface area (Å²) in [5.41, 5.74) is -0.899. The minimum atomic E-state index is -1.12. The van der Waals surface area contributed by atoms with Crippen LogP contribution in [0.5, 0.6) is 0 Å². The summed E-state index contributed by atoms with van der Waals surface area (Å²) >= 11 is 0. The van der Waals surface area contributed by atoms with Crippen molar-refractivity contribution in [3.8, 4) is 0 Å². The van der Waals surface area contributed by atoms with Gasteiger partial charge in [-0.1, -0.05) is 20.3 Å². The zero-order valence-electron chi connectivity index (χ0n) is 15.6. The van der Waals surface area contributed by atoms with Crippen LogP contribution in [0.4, 0.5) is 4.79 Å².